The van der Waals surface area contributed by atoms with Gasteiger partial charge in [0.05, 0.1) is 0 Å². The average molecular weight is 584 g/mol. The highest BCUT2D eigenvalue weighted by Crippen LogP contribution is 2.25. The lowest BCUT2D eigenvalue weighted by Gasteiger charge is -2.05. The second-order valence-electron chi connectivity index (χ2n) is 11.4. The fraction of sp³-hybridized carbons (Fsp3) is 0.697. The molecule has 3 unspecified atom stereocenters. The Bertz CT molecular complexity index is 907. The van der Waals surface area contributed by atoms with Crippen molar-refractivity contribution in [3.05, 3.63) is 45.6 Å². The molecule has 4 nitrogen and oxygen atoms in total. The van der Waals surface area contributed by atoms with Crippen LogP contribution >= 0.6 is 0 Å². The number of esters is 2. The van der Waals surface area contributed by atoms with E-state index >= 15 is 0 Å². The minimum Gasteiger partial charge on any atom is -0.455 e. The second kappa shape index (κ2) is 27.8. The Morgan fingerprint density at radius 2 is 1.33 bits per heavy atom. The summed E-state index contributed by atoms with van der Waals surface area (Å²) in [6.45, 7) is 26.8. The van der Waals surface area contributed by atoms with E-state index in [0.29, 0.717) is 0 Å². The maximum atomic E-state index is 11.2. The van der Waals surface area contributed by atoms with Crippen LogP contribution in [0.1, 0.15) is 135 Å². The molecule has 0 saturated heterocycles. The highest BCUT2D eigenvalue weighted by atomic mass is 16.6. The van der Waals surface area contributed by atoms with Crippen LogP contribution in [0.25, 0.3) is 0 Å². The molecule has 3 atom stereocenters. The number of hydrogen-bond acceptors (Lipinski definition) is 4. The minimum absolute atomic E-state index is 0.00231. The van der Waals surface area contributed by atoms with Crippen molar-refractivity contribution < 1.29 is 19.1 Å². The molecular formula is C33H58B6O4. The number of rotatable bonds is 10. The molecule has 0 amide bonds. The summed E-state index contributed by atoms with van der Waals surface area (Å²) in [5.41, 5.74) is 6.44. The number of allylic oxidation sites excluding steroid dienone is 3. The number of carbonyl (C=O) groups excluding carboxylic acids is 2. The summed E-state index contributed by atoms with van der Waals surface area (Å²) in [5.74, 6) is 0.609. The molecule has 2 aliphatic rings. The standard InChI is InChI=1S/C12H18O2.C7H10O2.C7H16.C7H14.B6/c1-5-6-8(2)7-11-9(3)12(13)14-10(11)4;1-4-5(2)7(8)9-6(4)3;2*1-4-6-7(3)5-2;1-4-6(3)5-2/h7,10H,5-6H2,1-4H3;6H,1-3H3;7H,4-6H2,1-3H3;5H,4,6H2,1-3H3;. The summed E-state index contributed by atoms with van der Waals surface area (Å²) in [6, 6.07) is 0. The van der Waals surface area contributed by atoms with Crippen LogP contribution in [0.2, 0.25) is 0 Å². The van der Waals surface area contributed by atoms with E-state index in [1.165, 1.54) is 57.4 Å². The van der Waals surface area contributed by atoms with Crippen LogP contribution in [-0.4, -0.2) is 67.9 Å². The van der Waals surface area contributed by atoms with Gasteiger partial charge >= 0.3 is 11.9 Å². The third kappa shape index (κ3) is 22.5. The predicted octanol–water partition coefficient (Wildman–Crippen LogP) is 7.56. The number of hydrogen-bond donors (Lipinski definition) is 0. The van der Waals surface area contributed by atoms with E-state index < -0.39 is 0 Å². The minimum atomic E-state index is -0.259. The molecule has 8 radical (unpaired) electrons. The van der Waals surface area contributed by atoms with Crippen LogP contribution in [0.4, 0.5) is 0 Å². The summed E-state index contributed by atoms with van der Waals surface area (Å²) < 4.78 is 9.98. The molecule has 2 aliphatic heterocycles. The first kappa shape index (κ1) is 45.7. The van der Waals surface area contributed by atoms with Gasteiger partial charge in [-0.1, -0.05) is 90.0 Å². The van der Waals surface area contributed by atoms with Crippen molar-refractivity contribution in [2.24, 2.45) is 5.92 Å². The number of cyclic esters (lactones) is 2. The Balaban J connectivity index is -0.000000486. The zero-order valence-electron chi connectivity index (χ0n) is 29.9. The molecule has 0 spiro atoms. The van der Waals surface area contributed by atoms with Crippen molar-refractivity contribution in [2.45, 2.75) is 147 Å². The smallest absolute Gasteiger partial charge is 0.334 e. The molecule has 0 aromatic rings. The topological polar surface area (TPSA) is 52.6 Å². The van der Waals surface area contributed by atoms with Crippen molar-refractivity contribution in [2.75, 3.05) is 0 Å². The van der Waals surface area contributed by atoms with E-state index in [1.54, 1.807) is 6.92 Å². The van der Waals surface area contributed by atoms with Gasteiger partial charge in [0.2, 0.25) is 0 Å². The van der Waals surface area contributed by atoms with Gasteiger partial charge in [-0.3, -0.25) is 0 Å². The highest BCUT2D eigenvalue weighted by Gasteiger charge is 2.26. The van der Waals surface area contributed by atoms with Gasteiger partial charge in [-0.05, 0) is 79.7 Å². The van der Waals surface area contributed by atoms with Crippen molar-refractivity contribution in [1.82, 2.24) is 0 Å². The third-order valence-electron chi connectivity index (χ3n) is 7.36. The van der Waals surface area contributed by atoms with Crippen molar-refractivity contribution in [3.8, 4) is 0 Å². The predicted molar refractivity (Wildman–Crippen MR) is 194 cm³/mol. The molecule has 232 valence electrons. The molecule has 0 fully saturated rings. The molecule has 2 heterocycles. The zero-order valence-corrected chi connectivity index (χ0v) is 29.9. The van der Waals surface area contributed by atoms with E-state index in [4.69, 9.17) is 32.7 Å². The third-order valence-corrected chi connectivity index (χ3v) is 7.36. The first-order chi connectivity index (χ1) is 20.1. The maximum absolute atomic E-state index is 11.2. The van der Waals surface area contributed by atoms with E-state index in [2.05, 4.69) is 67.5 Å². The van der Waals surface area contributed by atoms with Gasteiger partial charge in [0.25, 0.3) is 0 Å². The quantitative estimate of drug-likeness (QED) is 0.151. The van der Waals surface area contributed by atoms with Gasteiger partial charge in [0.15, 0.2) is 0 Å². The van der Waals surface area contributed by atoms with Gasteiger partial charge in [-0.2, -0.15) is 0 Å². The molecule has 0 aliphatic carbocycles. The fourth-order valence-corrected chi connectivity index (χ4v) is 3.80. The molecule has 43 heavy (non-hydrogen) atoms. The first-order valence-electron chi connectivity index (χ1n) is 16.1. The maximum Gasteiger partial charge on any atom is 0.334 e. The van der Waals surface area contributed by atoms with Crippen LogP contribution in [0, 0.1) is 5.92 Å². The normalized spacial score (nSPS) is 18.3. The fourth-order valence-electron chi connectivity index (χ4n) is 3.80. The lowest BCUT2D eigenvalue weighted by atomic mass is 8.88. The van der Waals surface area contributed by atoms with E-state index in [-0.39, 0.29) is 30.5 Å². The van der Waals surface area contributed by atoms with Crippen LogP contribution < -0.4 is 0 Å². The molecule has 0 aromatic carbocycles. The SMILES string of the molecule is CC1=C(C)C(C)OC1=O.CC=C(C)CCC.CCCC(C)=CC1=C(C)C(=O)OC1C.CCCC(C)CC.[B][B]B([B])[B][B]. The van der Waals surface area contributed by atoms with Gasteiger partial charge in [-0.15, -0.1) is 0 Å². The van der Waals surface area contributed by atoms with E-state index in [9.17, 15) is 9.59 Å². The van der Waals surface area contributed by atoms with E-state index in [1.807, 2.05) is 27.7 Å². The number of ether oxygens (including phenoxy) is 2. The summed E-state index contributed by atoms with van der Waals surface area (Å²) in [6.07, 6.45) is 12.8. The Hall–Kier alpha value is -1.71. The summed E-state index contributed by atoms with van der Waals surface area (Å²) in [5, 5.41) is 0. The largest absolute Gasteiger partial charge is 0.455 e. The average Bonchev–Trinajstić information content (AvgIpc) is 3.35. The Kier molecular flexibility index (Phi) is 29.6. The van der Waals surface area contributed by atoms with Crippen LogP contribution in [0.3, 0.4) is 0 Å². The summed E-state index contributed by atoms with van der Waals surface area (Å²) >= 11 is 0. The Morgan fingerprint density at radius 3 is 1.53 bits per heavy atom. The van der Waals surface area contributed by atoms with Crippen LogP contribution in [-0.2, 0) is 19.1 Å². The van der Waals surface area contributed by atoms with Gasteiger partial charge in [0, 0.05) is 60.4 Å². The number of carbonyl (C=O) groups is 2. The molecule has 0 bridgehead atoms. The van der Waals surface area contributed by atoms with Crippen LogP contribution in [0.15, 0.2) is 45.6 Å². The molecule has 0 saturated carbocycles. The second-order valence-corrected chi connectivity index (χ2v) is 11.4. The van der Waals surface area contributed by atoms with Crippen molar-refractivity contribution >= 4 is 55.7 Å². The van der Waals surface area contributed by atoms with Crippen molar-refractivity contribution in [3.63, 3.8) is 0 Å². The van der Waals surface area contributed by atoms with Gasteiger partial charge in [-0.25, -0.2) is 9.59 Å². The molecule has 2 rings (SSSR count). The molecule has 0 aromatic heterocycles. The molecule has 10 heteroatoms. The van der Waals surface area contributed by atoms with Gasteiger partial charge < -0.3 is 9.47 Å². The highest BCUT2D eigenvalue weighted by molar-refractivity contribution is 7.69. The van der Waals surface area contributed by atoms with E-state index in [0.717, 1.165) is 41.1 Å². The Morgan fingerprint density at radius 1 is 0.860 bits per heavy atom. The van der Waals surface area contributed by atoms with Gasteiger partial charge in [0.1, 0.15) is 12.2 Å². The zero-order chi connectivity index (χ0) is 34.1. The lowest BCUT2D eigenvalue weighted by Crippen LogP contribution is -2.31. The molecule has 0 N–H and O–H groups in total. The Labute approximate surface area is 272 Å². The lowest BCUT2D eigenvalue weighted by molar-refractivity contribution is -0.140. The van der Waals surface area contributed by atoms with Crippen molar-refractivity contribution in [1.29, 1.82) is 0 Å². The first-order valence-corrected chi connectivity index (χ1v) is 16.1. The summed E-state index contributed by atoms with van der Waals surface area (Å²) in [4.78, 5) is 21.9. The monoisotopic (exact) mass is 584 g/mol. The summed E-state index contributed by atoms with van der Waals surface area (Å²) in [7, 11) is 17.6. The van der Waals surface area contributed by atoms with Crippen LogP contribution in [0.5, 0.6) is 0 Å². The molecular weight excluding hydrogens is 525 g/mol.